The van der Waals surface area contributed by atoms with Gasteiger partial charge in [-0.2, -0.15) is 0 Å². The zero-order valence-corrected chi connectivity index (χ0v) is 35.8. The van der Waals surface area contributed by atoms with Crippen molar-refractivity contribution in [1.82, 2.24) is 16.0 Å². The van der Waals surface area contributed by atoms with E-state index in [2.05, 4.69) is 16.0 Å². The van der Waals surface area contributed by atoms with Crippen LogP contribution in [0, 0.1) is 17.2 Å². The highest BCUT2D eigenvalue weighted by molar-refractivity contribution is 5.90. The minimum Gasteiger partial charge on any atom is -0.460 e. The van der Waals surface area contributed by atoms with E-state index in [1.54, 1.807) is 74.4 Å². The van der Waals surface area contributed by atoms with Crippen LogP contribution in [0.2, 0.25) is 0 Å². The minimum absolute atomic E-state index is 0.0584. The first kappa shape index (κ1) is 49.9. The molecule has 13 nitrogen and oxygen atoms in total. The SMILES string of the molecule is CC(C)(C)OC(=O)CC[C@H](CC(=O)[C@@H](N)Cc1ccc(F)cc1)C(=O)NCCCC[C@H](NC(=O)N[C@@H](CCC(=O)OC(C)(C)C)C(C)(C)C)C(=O)OC(C)(C)C. The second-order valence-electron chi connectivity index (χ2n) is 18.5. The highest BCUT2D eigenvalue weighted by atomic mass is 19.1. The van der Waals surface area contributed by atoms with Crippen LogP contribution >= 0.6 is 0 Å². The molecule has 0 aliphatic carbocycles. The maximum Gasteiger partial charge on any atom is 0.329 e. The van der Waals surface area contributed by atoms with Gasteiger partial charge in [0.05, 0.1) is 6.04 Å². The normalized spacial score (nSPS) is 14.4. The Hall–Kier alpha value is -4.07. The predicted molar refractivity (Wildman–Crippen MR) is 213 cm³/mol. The van der Waals surface area contributed by atoms with Gasteiger partial charge in [-0.15, -0.1) is 0 Å². The van der Waals surface area contributed by atoms with Crippen LogP contribution in [0.4, 0.5) is 9.18 Å². The van der Waals surface area contributed by atoms with Crippen LogP contribution in [0.15, 0.2) is 24.3 Å². The Morgan fingerprint density at radius 2 is 1.21 bits per heavy atom. The van der Waals surface area contributed by atoms with Gasteiger partial charge in [-0.05, 0) is 124 Å². The van der Waals surface area contributed by atoms with E-state index in [-0.39, 0.29) is 56.8 Å². The van der Waals surface area contributed by atoms with Gasteiger partial charge in [-0.1, -0.05) is 32.9 Å². The smallest absolute Gasteiger partial charge is 0.329 e. The van der Waals surface area contributed by atoms with Gasteiger partial charge in [0.1, 0.15) is 28.7 Å². The van der Waals surface area contributed by atoms with Crippen LogP contribution in [0.5, 0.6) is 0 Å². The first-order chi connectivity index (χ1) is 25.5. The Morgan fingerprint density at radius 3 is 1.71 bits per heavy atom. The number of amides is 3. The molecule has 0 aromatic heterocycles. The number of unbranched alkanes of at least 4 members (excludes halogenated alkanes) is 1. The van der Waals surface area contributed by atoms with Crippen molar-refractivity contribution in [2.75, 3.05) is 6.54 Å². The number of urea groups is 1. The Morgan fingerprint density at radius 1 is 0.696 bits per heavy atom. The lowest BCUT2D eigenvalue weighted by molar-refractivity contribution is -0.158. The van der Waals surface area contributed by atoms with Crippen molar-refractivity contribution >= 4 is 35.6 Å². The number of hydrogen-bond acceptors (Lipinski definition) is 10. The second-order valence-corrected chi connectivity index (χ2v) is 18.5. The summed E-state index contributed by atoms with van der Waals surface area (Å²) in [7, 11) is 0. The molecule has 0 heterocycles. The fourth-order valence-electron chi connectivity index (χ4n) is 5.58. The fraction of sp³-hybridized carbons (Fsp3) is 0.714. The minimum atomic E-state index is -1.00. The van der Waals surface area contributed by atoms with Gasteiger partial charge >= 0.3 is 23.9 Å². The molecule has 0 spiro atoms. The number of hydrogen-bond donors (Lipinski definition) is 4. The summed E-state index contributed by atoms with van der Waals surface area (Å²) < 4.78 is 29.8. The monoisotopic (exact) mass is 793 g/mol. The van der Waals surface area contributed by atoms with E-state index in [0.717, 1.165) is 0 Å². The van der Waals surface area contributed by atoms with Gasteiger partial charge in [-0.25, -0.2) is 14.0 Å². The Balaban J connectivity index is 2.93. The molecule has 0 aliphatic rings. The zero-order valence-electron chi connectivity index (χ0n) is 35.8. The van der Waals surface area contributed by atoms with Crippen molar-refractivity contribution in [3.8, 4) is 0 Å². The number of halogens is 1. The summed E-state index contributed by atoms with van der Waals surface area (Å²) in [6.07, 6.45) is 1.39. The summed E-state index contributed by atoms with van der Waals surface area (Å²) in [5.41, 5.74) is 4.28. The molecule has 0 radical (unpaired) electrons. The standard InChI is InChI=1S/C42H69FN4O9/c1-39(2,3)33(21-23-35(50)55-41(7,8)9)47-38(53)46-31(37(52)56-42(10,11)12)15-13-14-24-45-36(51)28(18-22-34(49)54-40(4,5)6)26-32(48)30(44)25-27-16-19-29(43)20-17-27/h16-17,19-20,28,30-31,33H,13-15,18,21-26,44H2,1-12H3,(H,45,51)(H2,46,47,53)/t28-,30+,31+,33+/m1/s1. The molecule has 4 atom stereocenters. The molecular weight excluding hydrogens is 723 g/mol. The molecule has 56 heavy (non-hydrogen) atoms. The van der Waals surface area contributed by atoms with Crippen LogP contribution in [-0.4, -0.2) is 77.1 Å². The molecule has 318 valence electrons. The number of carbonyl (C=O) groups is 6. The Kier molecular flexibility index (Phi) is 19.6. The van der Waals surface area contributed by atoms with Crippen LogP contribution < -0.4 is 21.7 Å². The number of esters is 3. The molecule has 0 fully saturated rings. The molecule has 0 aliphatic heterocycles. The highest BCUT2D eigenvalue weighted by Crippen LogP contribution is 2.24. The van der Waals surface area contributed by atoms with Gasteiger partial charge in [0.15, 0.2) is 5.78 Å². The first-order valence-electron chi connectivity index (χ1n) is 19.6. The molecule has 0 saturated carbocycles. The lowest BCUT2D eigenvalue weighted by Crippen LogP contribution is -2.53. The van der Waals surface area contributed by atoms with Crippen LogP contribution in [0.25, 0.3) is 0 Å². The maximum absolute atomic E-state index is 13.4. The van der Waals surface area contributed by atoms with Crippen LogP contribution in [-0.2, 0) is 44.6 Å². The third-order valence-corrected chi connectivity index (χ3v) is 8.34. The lowest BCUT2D eigenvalue weighted by Gasteiger charge is -2.32. The number of nitrogens with two attached hydrogens (primary N) is 1. The van der Waals surface area contributed by atoms with Gasteiger partial charge in [0, 0.05) is 37.8 Å². The Bertz CT molecular complexity index is 1450. The van der Waals surface area contributed by atoms with Crippen molar-refractivity contribution < 1.29 is 47.4 Å². The van der Waals surface area contributed by atoms with Crippen LogP contribution in [0.3, 0.4) is 0 Å². The number of ether oxygens (including phenoxy) is 3. The fourth-order valence-corrected chi connectivity index (χ4v) is 5.58. The maximum atomic E-state index is 13.4. The number of nitrogens with one attached hydrogen (secondary N) is 3. The van der Waals surface area contributed by atoms with Gasteiger partial charge in [-0.3, -0.25) is 19.2 Å². The summed E-state index contributed by atoms with van der Waals surface area (Å²) in [6.45, 7) is 21.8. The number of rotatable bonds is 20. The lowest BCUT2D eigenvalue weighted by atomic mass is 9.84. The number of carbonyl (C=O) groups excluding carboxylic acids is 6. The van der Waals surface area contributed by atoms with E-state index in [9.17, 15) is 33.2 Å². The third-order valence-electron chi connectivity index (χ3n) is 8.34. The quantitative estimate of drug-likeness (QED) is 0.0669. The molecule has 1 rings (SSSR count). The summed E-state index contributed by atoms with van der Waals surface area (Å²) >= 11 is 0. The van der Waals surface area contributed by atoms with Gasteiger partial charge < -0.3 is 35.9 Å². The molecule has 0 unspecified atom stereocenters. The van der Waals surface area contributed by atoms with Crippen molar-refractivity contribution in [2.24, 2.45) is 17.1 Å². The second kappa shape index (κ2) is 22.0. The van der Waals surface area contributed by atoms with Gasteiger partial charge in [0.2, 0.25) is 5.91 Å². The average Bonchev–Trinajstić information content (AvgIpc) is 3.02. The third kappa shape index (κ3) is 22.5. The summed E-state index contributed by atoms with van der Waals surface area (Å²) in [5.74, 6) is -3.57. The molecular formula is C42H69FN4O9. The summed E-state index contributed by atoms with van der Waals surface area (Å²) in [4.78, 5) is 77.9. The molecule has 0 saturated heterocycles. The average molecular weight is 793 g/mol. The molecule has 14 heteroatoms. The van der Waals surface area contributed by atoms with E-state index in [4.69, 9.17) is 19.9 Å². The van der Waals surface area contributed by atoms with Crippen molar-refractivity contribution in [3.63, 3.8) is 0 Å². The zero-order chi connectivity index (χ0) is 43.1. The van der Waals surface area contributed by atoms with E-state index in [1.165, 1.54) is 12.1 Å². The summed E-state index contributed by atoms with van der Waals surface area (Å²) in [6, 6.07) is 2.71. The van der Waals surface area contributed by atoms with E-state index in [0.29, 0.717) is 24.8 Å². The van der Waals surface area contributed by atoms with E-state index >= 15 is 0 Å². The number of Topliss-reactive ketones (excluding diaryl/α,β-unsaturated/α-hetero) is 1. The predicted octanol–water partition coefficient (Wildman–Crippen LogP) is 6.23. The molecule has 0 bridgehead atoms. The molecule has 1 aromatic rings. The number of benzene rings is 1. The Labute approximate surface area is 333 Å². The highest BCUT2D eigenvalue weighted by Gasteiger charge is 2.32. The largest absolute Gasteiger partial charge is 0.460 e. The van der Waals surface area contributed by atoms with Gasteiger partial charge in [0.25, 0.3) is 0 Å². The van der Waals surface area contributed by atoms with E-state index < -0.39 is 76.0 Å². The first-order valence-corrected chi connectivity index (χ1v) is 19.6. The van der Waals surface area contributed by atoms with Crippen molar-refractivity contribution in [1.29, 1.82) is 0 Å². The topological polar surface area (TPSA) is 192 Å². The van der Waals surface area contributed by atoms with Crippen LogP contribution in [0.1, 0.15) is 140 Å². The summed E-state index contributed by atoms with van der Waals surface area (Å²) in [5, 5.41) is 8.50. The molecule has 5 N–H and O–H groups in total. The molecule has 3 amide bonds. The van der Waals surface area contributed by atoms with E-state index in [1.807, 2.05) is 20.8 Å². The molecule has 1 aromatic carbocycles. The van der Waals surface area contributed by atoms with Crippen molar-refractivity contribution in [2.45, 2.75) is 176 Å². The van der Waals surface area contributed by atoms with Crippen molar-refractivity contribution in [3.05, 3.63) is 35.6 Å². The number of ketones is 1.